The second-order valence-electron chi connectivity index (χ2n) is 13.6. The van der Waals surface area contributed by atoms with E-state index >= 15 is 0 Å². The molecule has 0 aliphatic heterocycles. The summed E-state index contributed by atoms with van der Waals surface area (Å²) in [6.07, 6.45) is 1.77. The van der Waals surface area contributed by atoms with E-state index < -0.39 is 5.41 Å². The maximum Gasteiger partial charge on any atom is 0.150 e. The van der Waals surface area contributed by atoms with Gasteiger partial charge in [0, 0.05) is 28.1 Å². The van der Waals surface area contributed by atoms with Crippen LogP contribution in [0.1, 0.15) is 43.0 Å². The van der Waals surface area contributed by atoms with Crippen LogP contribution in [-0.2, 0) is 5.41 Å². The summed E-state index contributed by atoms with van der Waals surface area (Å²) >= 11 is 0. The second kappa shape index (κ2) is 13.8. The van der Waals surface area contributed by atoms with Gasteiger partial charge in [-0.2, -0.15) is 0 Å². The second-order valence-corrected chi connectivity index (χ2v) is 13.6. The lowest BCUT2D eigenvalue weighted by Crippen LogP contribution is -2.28. The zero-order chi connectivity index (χ0) is 36.5. The van der Waals surface area contributed by atoms with E-state index in [-0.39, 0.29) is 0 Å². The molecule has 1 aliphatic rings. The lowest BCUT2D eigenvalue weighted by atomic mass is 9.67. The molecule has 0 saturated carbocycles. The van der Waals surface area contributed by atoms with Gasteiger partial charge in [-0.05, 0) is 80.4 Å². The van der Waals surface area contributed by atoms with Gasteiger partial charge in [0.05, 0.1) is 11.1 Å². The third-order valence-electron chi connectivity index (χ3n) is 10.7. The summed E-state index contributed by atoms with van der Waals surface area (Å²) in [7, 11) is 0. The monoisotopic (exact) mass is 693 g/mol. The fourth-order valence-corrected chi connectivity index (χ4v) is 8.20. The van der Waals surface area contributed by atoms with Gasteiger partial charge in [0.25, 0.3) is 0 Å². The number of rotatable bonds is 9. The number of aldehydes is 2. The largest absolute Gasteiger partial charge is 0.310 e. The molecule has 0 amide bonds. The third-order valence-corrected chi connectivity index (χ3v) is 10.7. The molecule has 0 N–H and O–H groups in total. The molecular formula is C51H35NO2. The van der Waals surface area contributed by atoms with E-state index in [4.69, 9.17) is 0 Å². The Morgan fingerprint density at radius 1 is 0.370 bits per heavy atom. The standard InChI is InChI=1S/C51H35NO2/c53-34-36-18-26-42(27-19-36)51(43-28-20-37(35-54)21-29-43)47-15-8-7-14-46(47)50-48(51)16-9-17-49(50)52(44-30-22-40(23-31-44)38-10-3-1-4-11-38)45-32-24-41(25-33-45)39-12-5-2-6-13-39/h1-35H. The Hall–Kier alpha value is -7.10. The summed E-state index contributed by atoms with van der Waals surface area (Å²) in [5.74, 6) is 0. The summed E-state index contributed by atoms with van der Waals surface area (Å²) < 4.78 is 0. The Morgan fingerprint density at radius 2 is 0.796 bits per heavy atom. The van der Waals surface area contributed by atoms with Crippen LogP contribution in [0.2, 0.25) is 0 Å². The van der Waals surface area contributed by atoms with Crippen LogP contribution in [0, 0.1) is 0 Å². The van der Waals surface area contributed by atoms with Crippen molar-refractivity contribution in [3.8, 4) is 33.4 Å². The molecule has 0 fully saturated rings. The SMILES string of the molecule is O=Cc1ccc(C2(c3ccc(C=O)cc3)c3ccccc3-c3c(N(c4ccc(-c5ccccc5)cc4)c4ccc(-c5ccccc5)cc4)cccc32)cc1. The summed E-state index contributed by atoms with van der Waals surface area (Å²) in [4.78, 5) is 26.0. The molecule has 256 valence electrons. The highest BCUT2D eigenvalue weighted by molar-refractivity contribution is 5.98. The predicted octanol–water partition coefficient (Wildman–Crippen LogP) is 12.5. The minimum atomic E-state index is -0.717. The zero-order valence-electron chi connectivity index (χ0n) is 29.5. The minimum absolute atomic E-state index is 0.620. The van der Waals surface area contributed by atoms with Crippen LogP contribution < -0.4 is 4.90 Å². The Labute approximate surface area is 315 Å². The van der Waals surface area contributed by atoms with Crippen molar-refractivity contribution in [1.82, 2.24) is 0 Å². The molecular weight excluding hydrogens is 659 g/mol. The van der Waals surface area contributed by atoms with Gasteiger partial charge in [-0.1, -0.05) is 170 Å². The first kappa shape index (κ1) is 32.8. The summed E-state index contributed by atoms with van der Waals surface area (Å²) in [5.41, 5.74) is 14.9. The first-order chi connectivity index (χ1) is 26.7. The number of benzene rings is 8. The molecule has 3 heteroatoms. The van der Waals surface area contributed by atoms with Gasteiger partial charge in [-0.25, -0.2) is 0 Å². The number of hydrogen-bond donors (Lipinski definition) is 0. The molecule has 54 heavy (non-hydrogen) atoms. The van der Waals surface area contributed by atoms with Crippen molar-refractivity contribution in [2.75, 3.05) is 4.90 Å². The van der Waals surface area contributed by atoms with Gasteiger partial charge >= 0.3 is 0 Å². The van der Waals surface area contributed by atoms with E-state index in [2.05, 4.69) is 169 Å². The van der Waals surface area contributed by atoms with Crippen molar-refractivity contribution in [1.29, 1.82) is 0 Å². The van der Waals surface area contributed by atoms with Gasteiger partial charge < -0.3 is 4.90 Å². The van der Waals surface area contributed by atoms with Crippen LogP contribution in [0.5, 0.6) is 0 Å². The van der Waals surface area contributed by atoms with Crippen LogP contribution in [0.4, 0.5) is 17.1 Å². The fourth-order valence-electron chi connectivity index (χ4n) is 8.20. The molecule has 8 aromatic carbocycles. The fraction of sp³-hybridized carbons (Fsp3) is 0.0196. The summed E-state index contributed by atoms with van der Waals surface area (Å²) in [6, 6.07) is 69.6. The highest BCUT2D eigenvalue weighted by atomic mass is 16.1. The molecule has 1 aliphatic carbocycles. The van der Waals surface area contributed by atoms with Crippen molar-refractivity contribution in [3.63, 3.8) is 0 Å². The first-order valence-electron chi connectivity index (χ1n) is 18.1. The maximum atomic E-state index is 11.8. The average molecular weight is 694 g/mol. The molecule has 3 nitrogen and oxygen atoms in total. The minimum Gasteiger partial charge on any atom is -0.310 e. The number of hydrogen-bond acceptors (Lipinski definition) is 3. The van der Waals surface area contributed by atoms with Crippen LogP contribution in [-0.4, -0.2) is 12.6 Å². The highest BCUT2D eigenvalue weighted by Crippen LogP contribution is 2.59. The van der Waals surface area contributed by atoms with E-state index in [0.717, 1.165) is 74.1 Å². The number of nitrogens with zero attached hydrogens (tertiary/aromatic N) is 1. The topological polar surface area (TPSA) is 37.4 Å². The predicted molar refractivity (Wildman–Crippen MR) is 220 cm³/mol. The van der Waals surface area contributed by atoms with Crippen LogP contribution in [0.25, 0.3) is 33.4 Å². The molecule has 0 unspecified atom stereocenters. The number of fused-ring (bicyclic) bond motifs is 3. The molecule has 0 radical (unpaired) electrons. The Bertz CT molecular complexity index is 2460. The van der Waals surface area contributed by atoms with Crippen molar-refractivity contribution in [2.24, 2.45) is 0 Å². The van der Waals surface area contributed by atoms with Crippen molar-refractivity contribution in [2.45, 2.75) is 5.41 Å². The summed E-state index contributed by atoms with van der Waals surface area (Å²) in [5, 5.41) is 0. The van der Waals surface area contributed by atoms with E-state index in [1.54, 1.807) is 0 Å². The molecule has 0 bridgehead atoms. The number of carbonyl (C=O) groups excluding carboxylic acids is 2. The van der Waals surface area contributed by atoms with Gasteiger partial charge in [0.2, 0.25) is 0 Å². The van der Waals surface area contributed by atoms with Crippen molar-refractivity contribution < 1.29 is 9.59 Å². The smallest absolute Gasteiger partial charge is 0.150 e. The van der Waals surface area contributed by atoms with E-state index in [1.807, 2.05) is 36.4 Å². The third kappa shape index (κ3) is 5.46. The normalized spacial score (nSPS) is 12.4. The molecule has 9 rings (SSSR count). The maximum absolute atomic E-state index is 11.8. The Balaban J connectivity index is 1.30. The van der Waals surface area contributed by atoms with Crippen molar-refractivity contribution in [3.05, 3.63) is 234 Å². The molecule has 8 aromatic rings. The van der Waals surface area contributed by atoms with Gasteiger partial charge in [0.1, 0.15) is 12.6 Å². The lowest BCUT2D eigenvalue weighted by molar-refractivity contribution is 0.111. The highest BCUT2D eigenvalue weighted by Gasteiger charge is 2.47. The van der Waals surface area contributed by atoms with Crippen LogP contribution in [0.3, 0.4) is 0 Å². The number of carbonyl (C=O) groups is 2. The van der Waals surface area contributed by atoms with E-state index in [1.165, 1.54) is 11.1 Å². The van der Waals surface area contributed by atoms with E-state index in [0.29, 0.717) is 11.1 Å². The molecule has 0 saturated heterocycles. The first-order valence-corrected chi connectivity index (χ1v) is 18.1. The Morgan fingerprint density at radius 3 is 1.28 bits per heavy atom. The quantitative estimate of drug-likeness (QED) is 0.141. The zero-order valence-corrected chi connectivity index (χ0v) is 29.5. The molecule has 0 aromatic heterocycles. The van der Waals surface area contributed by atoms with Crippen LogP contribution in [0.15, 0.2) is 200 Å². The van der Waals surface area contributed by atoms with Gasteiger partial charge in [-0.15, -0.1) is 0 Å². The molecule has 0 atom stereocenters. The van der Waals surface area contributed by atoms with Gasteiger partial charge in [-0.3, -0.25) is 9.59 Å². The van der Waals surface area contributed by atoms with E-state index in [9.17, 15) is 9.59 Å². The van der Waals surface area contributed by atoms with Crippen molar-refractivity contribution >= 4 is 29.6 Å². The number of anilines is 3. The van der Waals surface area contributed by atoms with Gasteiger partial charge in [0.15, 0.2) is 0 Å². The molecule has 0 spiro atoms. The average Bonchev–Trinajstić information content (AvgIpc) is 3.56. The lowest BCUT2D eigenvalue weighted by Gasteiger charge is -2.34. The summed E-state index contributed by atoms with van der Waals surface area (Å²) in [6.45, 7) is 0. The Kier molecular flexibility index (Phi) is 8.38. The van der Waals surface area contributed by atoms with Crippen LogP contribution >= 0.6 is 0 Å². The molecule has 0 heterocycles.